The summed E-state index contributed by atoms with van der Waals surface area (Å²) in [5, 5.41) is 0. The van der Waals surface area contributed by atoms with Crippen molar-refractivity contribution in [3.8, 4) is 0 Å². The van der Waals surface area contributed by atoms with E-state index in [0.717, 1.165) is 0 Å². The van der Waals surface area contributed by atoms with Crippen molar-refractivity contribution in [3.63, 3.8) is 0 Å². The molecule has 13 heavy (non-hydrogen) atoms. The van der Waals surface area contributed by atoms with Crippen LogP contribution in [0.25, 0.3) is 0 Å². The lowest BCUT2D eigenvalue weighted by molar-refractivity contribution is -0.346. The van der Waals surface area contributed by atoms with Crippen LogP contribution in [0.15, 0.2) is 12.2 Å². The Balaban J connectivity index is 2.04. The van der Waals surface area contributed by atoms with Crippen LogP contribution in [0.2, 0.25) is 0 Å². The van der Waals surface area contributed by atoms with Gasteiger partial charge in [-0.25, -0.2) is 0 Å². The highest BCUT2D eigenvalue weighted by Gasteiger charge is 2.84. The third-order valence-electron chi connectivity index (χ3n) is 3.18. The third-order valence-corrected chi connectivity index (χ3v) is 3.18. The van der Waals surface area contributed by atoms with Crippen LogP contribution in [0.3, 0.4) is 0 Å². The smallest absolute Gasteiger partial charge is 0.316 e. The fourth-order valence-electron chi connectivity index (χ4n) is 2.52. The molecular weight excluding hydrogens is 188 g/mol. The fourth-order valence-corrected chi connectivity index (χ4v) is 2.52. The molecule has 0 aromatic heterocycles. The first-order valence-corrected chi connectivity index (χ1v) is 4.05. The van der Waals surface area contributed by atoms with Gasteiger partial charge in [0.25, 0.3) is 0 Å². The van der Waals surface area contributed by atoms with E-state index in [1.54, 1.807) is 0 Å². The molecule has 0 radical (unpaired) electrons. The maximum absolute atomic E-state index is 12.9. The molecule has 0 aromatic carbocycles. The minimum atomic E-state index is -3.89. The van der Waals surface area contributed by atoms with Crippen LogP contribution in [-0.2, 0) is 4.74 Å². The molecule has 72 valence electrons. The van der Waals surface area contributed by atoms with Crippen LogP contribution in [-0.4, -0.2) is 24.1 Å². The first-order chi connectivity index (χ1) is 5.96. The van der Waals surface area contributed by atoms with Crippen molar-refractivity contribution in [1.82, 2.24) is 0 Å². The second kappa shape index (κ2) is 1.78. The number of ether oxygens (including phenoxy) is 1. The van der Waals surface area contributed by atoms with E-state index in [9.17, 15) is 17.6 Å². The van der Waals surface area contributed by atoms with E-state index in [4.69, 9.17) is 4.74 Å². The van der Waals surface area contributed by atoms with E-state index in [-0.39, 0.29) is 0 Å². The predicted octanol–water partition coefficient (Wildman–Crippen LogP) is 1.84. The van der Waals surface area contributed by atoms with Gasteiger partial charge in [0, 0.05) is 0 Å². The van der Waals surface area contributed by atoms with Gasteiger partial charge in [-0.15, -0.1) is 0 Å². The Labute approximate surface area is 71.4 Å². The number of fused-ring (bicyclic) bond motifs is 5. The lowest BCUT2D eigenvalue weighted by Gasteiger charge is -2.49. The Kier molecular flexibility index (Phi) is 1.06. The molecule has 0 amide bonds. The maximum Gasteiger partial charge on any atom is 0.316 e. The summed E-state index contributed by atoms with van der Waals surface area (Å²) in [7, 11) is 0. The fraction of sp³-hybridized carbons (Fsp3) is 0.750. The summed E-state index contributed by atoms with van der Waals surface area (Å²) in [5.74, 6) is -10.4. The van der Waals surface area contributed by atoms with E-state index in [1.165, 1.54) is 12.2 Å². The zero-order chi connectivity index (χ0) is 9.43. The molecule has 1 aliphatic carbocycles. The zero-order valence-electron chi connectivity index (χ0n) is 6.38. The number of rotatable bonds is 0. The molecule has 1 saturated heterocycles. The average Bonchev–Trinajstić information content (AvgIpc) is 2.60. The van der Waals surface area contributed by atoms with Gasteiger partial charge in [0.15, 0.2) is 0 Å². The number of halogens is 4. The Morgan fingerprint density at radius 2 is 1.23 bits per heavy atom. The van der Waals surface area contributed by atoms with Crippen LogP contribution in [0.4, 0.5) is 17.6 Å². The number of hydrogen-bond acceptors (Lipinski definition) is 1. The number of hydrogen-bond donors (Lipinski definition) is 0. The summed E-state index contributed by atoms with van der Waals surface area (Å²) >= 11 is 0. The molecule has 1 saturated carbocycles. The van der Waals surface area contributed by atoms with Gasteiger partial charge in [-0.2, -0.15) is 17.6 Å². The van der Waals surface area contributed by atoms with Gasteiger partial charge in [0.2, 0.25) is 0 Å². The summed E-state index contributed by atoms with van der Waals surface area (Å²) < 4.78 is 56.4. The van der Waals surface area contributed by atoms with Gasteiger partial charge in [-0.3, -0.25) is 0 Å². The standard InChI is InChI=1S/C8H6F4O/c9-7(10)5-3-1-2-4(13-3)6(5)8(7,11)12/h1-6H/t3-,4-,5+,6+/m0/s1. The van der Waals surface area contributed by atoms with Crippen LogP contribution in [0.1, 0.15) is 0 Å². The minimum absolute atomic E-state index is 0.801. The maximum atomic E-state index is 12.9. The lowest BCUT2D eigenvalue weighted by atomic mass is 9.61. The van der Waals surface area contributed by atoms with Gasteiger partial charge in [-0.1, -0.05) is 12.2 Å². The van der Waals surface area contributed by atoms with E-state index in [0.29, 0.717) is 0 Å². The quantitative estimate of drug-likeness (QED) is 0.422. The first-order valence-electron chi connectivity index (χ1n) is 4.05. The Bertz CT molecular complexity index is 271. The molecule has 0 spiro atoms. The molecular formula is C8H6F4O. The monoisotopic (exact) mass is 194 g/mol. The van der Waals surface area contributed by atoms with Gasteiger partial charge in [0.05, 0.1) is 24.0 Å². The highest BCUT2D eigenvalue weighted by molar-refractivity contribution is 5.28. The van der Waals surface area contributed by atoms with E-state index in [1.807, 2.05) is 0 Å². The summed E-state index contributed by atoms with van der Waals surface area (Å²) in [6.45, 7) is 0. The van der Waals surface area contributed by atoms with Crippen molar-refractivity contribution in [2.24, 2.45) is 11.8 Å². The summed E-state index contributed by atoms with van der Waals surface area (Å²) in [5.41, 5.74) is 0. The second-order valence-electron chi connectivity index (χ2n) is 3.75. The van der Waals surface area contributed by atoms with E-state index >= 15 is 0 Å². The van der Waals surface area contributed by atoms with Crippen molar-refractivity contribution in [2.75, 3.05) is 0 Å². The van der Waals surface area contributed by atoms with Crippen molar-refractivity contribution < 1.29 is 22.3 Å². The van der Waals surface area contributed by atoms with Crippen molar-refractivity contribution in [3.05, 3.63) is 12.2 Å². The molecule has 2 heterocycles. The highest BCUT2D eigenvalue weighted by atomic mass is 19.3. The summed E-state index contributed by atoms with van der Waals surface area (Å²) in [6, 6.07) is 0. The normalized spacial score (nSPS) is 53.2. The predicted molar refractivity (Wildman–Crippen MR) is 34.7 cm³/mol. The molecule has 2 fully saturated rings. The largest absolute Gasteiger partial charge is 0.366 e. The molecule has 3 aliphatic rings. The first kappa shape index (κ1) is 7.79. The summed E-state index contributed by atoms with van der Waals surface area (Å²) in [4.78, 5) is 0. The van der Waals surface area contributed by atoms with E-state index in [2.05, 4.69) is 0 Å². The number of alkyl halides is 4. The van der Waals surface area contributed by atoms with Crippen LogP contribution < -0.4 is 0 Å². The van der Waals surface area contributed by atoms with Crippen molar-refractivity contribution in [1.29, 1.82) is 0 Å². The Hall–Kier alpha value is -0.580. The summed E-state index contributed by atoms with van der Waals surface area (Å²) in [6.07, 6.45) is 1.30. The zero-order valence-corrected chi connectivity index (χ0v) is 6.38. The van der Waals surface area contributed by atoms with Crippen LogP contribution in [0.5, 0.6) is 0 Å². The molecule has 2 bridgehead atoms. The second-order valence-corrected chi connectivity index (χ2v) is 3.75. The van der Waals surface area contributed by atoms with Crippen LogP contribution in [0, 0.1) is 11.8 Å². The highest BCUT2D eigenvalue weighted by Crippen LogP contribution is 2.67. The Morgan fingerprint density at radius 3 is 1.62 bits per heavy atom. The lowest BCUT2D eigenvalue weighted by Crippen LogP contribution is -2.69. The minimum Gasteiger partial charge on any atom is -0.366 e. The Morgan fingerprint density at radius 1 is 0.846 bits per heavy atom. The van der Waals surface area contributed by atoms with Crippen molar-refractivity contribution >= 4 is 0 Å². The average molecular weight is 194 g/mol. The molecule has 0 aromatic rings. The third kappa shape index (κ3) is 0.591. The molecule has 0 unspecified atom stereocenters. The molecule has 4 atom stereocenters. The van der Waals surface area contributed by atoms with Crippen molar-refractivity contribution in [2.45, 2.75) is 24.1 Å². The molecule has 1 nitrogen and oxygen atoms in total. The van der Waals surface area contributed by atoms with Gasteiger partial charge < -0.3 is 4.74 Å². The molecule has 2 aliphatic heterocycles. The van der Waals surface area contributed by atoms with Gasteiger partial charge in [-0.05, 0) is 0 Å². The van der Waals surface area contributed by atoms with Gasteiger partial charge >= 0.3 is 11.8 Å². The van der Waals surface area contributed by atoms with Crippen LogP contribution >= 0.6 is 0 Å². The van der Waals surface area contributed by atoms with Gasteiger partial charge in [0.1, 0.15) is 0 Å². The molecule has 0 N–H and O–H groups in total. The topological polar surface area (TPSA) is 9.23 Å². The van der Waals surface area contributed by atoms with E-state index < -0.39 is 35.9 Å². The molecule has 3 rings (SSSR count). The SMILES string of the molecule is FC1(F)[C@H]2[C@@H]([C@@H]3C=C[C@@H]2O3)C1(F)F. The molecule has 5 heteroatoms.